The Hall–Kier alpha value is -1.62. The summed E-state index contributed by atoms with van der Waals surface area (Å²) in [5.74, 6) is -1.01. The van der Waals surface area contributed by atoms with Crippen LogP contribution in [0.25, 0.3) is 0 Å². The number of carbonyl (C=O) groups excluding carboxylic acids is 2. The van der Waals surface area contributed by atoms with Crippen LogP contribution in [0.3, 0.4) is 0 Å². The maximum Gasteiger partial charge on any atom is 0.334 e. The van der Waals surface area contributed by atoms with Gasteiger partial charge in [0.15, 0.2) is 0 Å². The van der Waals surface area contributed by atoms with Gasteiger partial charge in [-0.3, -0.25) is 0 Å². The van der Waals surface area contributed by atoms with E-state index in [9.17, 15) is 9.59 Å². The molecule has 0 saturated carbocycles. The number of esters is 2. The molecule has 5 heteroatoms. The van der Waals surface area contributed by atoms with Crippen LogP contribution in [0, 0.1) is 0 Å². The highest BCUT2D eigenvalue weighted by Crippen LogP contribution is 1.93. The molecule has 5 nitrogen and oxygen atoms in total. The number of rotatable bonds is 7. The van der Waals surface area contributed by atoms with Gasteiger partial charge < -0.3 is 15.2 Å². The van der Waals surface area contributed by atoms with E-state index < -0.39 is 11.9 Å². The van der Waals surface area contributed by atoms with Gasteiger partial charge in [-0.05, 0) is 0 Å². The zero-order chi connectivity index (χ0) is 11.7. The van der Waals surface area contributed by atoms with Crippen LogP contribution in [0.5, 0.6) is 0 Å². The highest BCUT2D eigenvalue weighted by molar-refractivity contribution is 5.88. The Labute approximate surface area is 88.5 Å². The summed E-state index contributed by atoms with van der Waals surface area (Å²) in [6.07, 6.45) is 1.51. The summed E-state index contributed by atoms with van der Waals surface area (Å²) in [6, 6.07) is 0. The number of ether oxygens (including phenoxy) is 2. The van der Waals surface area contributed by atoms with Crippen LogP contribution in [0.4, 0.5) is 0 Å². The first-order valence-electron chi connectivity index (χ1n) is 4.46. The summed E-state index contributed by atoms with van der Waals surface area (Å²) in [7, 11) is 0. The fraction of sp³-hybridized carbons (Fsp3) is 0.400. The van der Waals surface area contributed by atoms with Crippen molar-refractivity contribution in [1.82, 2.24) is 0 Å². The van der Waals surface area contributed by atoms with E-state index in [1.54, 1.807) is 0 Å². The first kappa shape index (κ1) is 13.4. The molecule has 0 aliphatic heterocycles. The molecule has 15 heavy (non-hydrogen) atoms. The lowest BCUT2D eigenvalue weighted by Crippen LogP contribution is -2.16. The summed E-state index contributed by atoms with van der Waals surface area (Å²) in [5, 5.41) is 0. The minimum Gasteiger partial charge on any atom is -0.462 e. The maximum absolute atomic E-state index is 11.0. The van der Waals surface area contributed by atoms with Crippen molar-refractivity contribution in [3.8, 4) is 0 Å². The number of hydrogen-bond donors (Lipinski definition) is 1. The molecule has 0 aromatic heterocycles. The van der Waals surface area contributed by atoms with E-state index in [0.29, 0.717) is 6.42 Å². The van der Waals surface area contributed by atoms with E-state index in [4.69, 9.17) is 10.5 Å². The third-order valence-corrected chi connectivity index (χ3v) is 1.47. The van der Waals surface area contributed by atoms with Crippen molar-refractivity contribution in [2.45, 2.75) is 6.42 Å². The lowest BCUT2D eigenvalue weighted by molar-refractivity contribution is -0.140. The van der Waals surface area contributed by atoms with Crippen molar-refractivity contribution < 1.29 is 19.1 Å². The molecule has 0 bridgehead atoms. The van der Waals surface area contributed by atoms with Gasteiger partial charge in [-0.15, -0.1) is 0 Å². The molecule has 2 N–H and O–H groups in total. The van der Waals surface area contributed by atoms with Crippen molar-refractivity contribution in [2.75, 3.05) is 19.8 Å². The van der Waals surface area contributed by atoms with E-state index in [-0.39, 0.29) is 25.3 Å². The number of carbonyl (C=O) groups is 2. The fourth-order valence-corrected chi connectivity index (χ4v) is 0.641. The summed E-state index contributed by atoms with van der Waals surface area (Å²) in [5.41, 5.74) is 5.40. The van der Waals surface area contributed by atoms with Crippen molar-refractivity contribution in [1.29, 1.82) is 0 Å². The summed E-state index contributed by atoms with van der Waals surface area (Å²) in [6.45, 7) is 7.08. The predicted octanol–water partition coefficient (Wildman–Crippen LogP) is 0.164. The molecule has 0 aliphatic rings. The first-order chi connectivity index (χ1) is 7.11. The van der Waals surface area contributed by atoms with Crippen molar-refractivity contribution in [3.05, 3.63) is 24.8 Å². The second-order valence-corrected chi connectivity index (χ2v) is 2.67. The number of hydrogen-bond acceptors (Lipinski definition) is 5. The minimum atomic E-state index is -0.521. The molecule has 0 amide bonds. The highest BCUT2D eigenvalue weighted by Gasteiger charge is 2.05. The summed E-state index contributed by atoms with van der Waals surface area (Å²) < 4.78 is 9.44. The quantitative estimate of drug-likeness (QED) is 0.370. The molecule has 0 aromatic carbocycles. The second-order valence-electron chi connectivity index (χ2n) is 2.67. The van der Waals surface area contributed by atoms with Crippen LogP contribution in [0.2, 0.25) is 0 Å². The van der Waals surface area contributed by atoms with E-state index in [1.165, 1.54) is 0 Å². The van der Waals surface area contributed by atoms with Gasteiger partial charge in [-0.1, -0.05) is 13.2 Å². The molecule has 0 spiro atoms. The molecule has 0 atom stereocenters. The van der Waals surface area contributed by atoms with Gasteiger partial charge in [0, 0.05) is 24.6 Å². The van der Waals surface area contributed by atoms with Gasteiger partial charge in [0.05, 0.1) is 13.2 Å². The Kier molecular flexibility index (Phi) is 6.92. The topological polar surface area (TPSA) is 78.6 Å². The summed E-state index contributed by atoms with van der Waals surface area (Å²) in [4.78, 5) is 21.6. The van der Waals surface area contributed by atoms with Crippen molar-refractivity contribution in [3.63, 3.8) is 0 Å². The minimum absolute atomic E-state index is 0.0737. The monoisotopic (exact) mass is 213 g/mol. The third kappa shape index (κ3) is 6.45. The zero-order valence-corrected chi connectivity index (χ0v) is 8.53. The lowest BCUT2D eigenvalue weighted by Gasteiger charge is -2.05. The zero-order valence-electron chi connectivity index (χ0n) is 8.53. The average Bonchev–Trinajstić information content (AvgIpc) is 2.26. The van der Waals surface area contributed by atoms with Crippen LogP contribution in [0.1, 0.15) is 6.42 Å². The van der Waals surface area contributed by atoms with Crippen LogP contribution in [-0.2, 0) is 19.1 Å². The van der Waals surface area contributed by atoms with Crippen LogP contribution in [0.15, 0.2) is 24.8 Å². The van der Waals surface area contributed by atoms with Gasteiger partial charge in [0.1, 0.15) is 0 Å². The standard InChI is InChI=1S/C10H15NO4/c1-3-9(12)14-5-4-6-15-10(13)8(2)7-11/h3H,1-2,4-7,11H2. The van der Waals surface area contributed by atoms with Gasteiger partial charge in [-0.25, -0.2) is 9.59 Å². The highest BCUT2D eigenvalue weighted by atomic mass is 16.5. The molecule has 84 valence electrons. The largest absolute Gasteiger partial charge is 0.462 e. The van der Waals surface area contributed by atoms with Crippen molar-refractivity contribution >= 4 is 11.9 Å². The van der Waals surface area contributed by atoms with Gasteiger partial charge in [0.25, 0.3) is 0 Å². The van der Waals surface area contributed by atoms with Crippen LogP contribution in [-0.4, -0.2) is 31.7 Å². The molecular formula is C10H15NO4. The lowest BCUT2D eigenvalue weighted by atomic mass is 10.3. The predicted molar refractivity (Wildman–Crippen MR) is 54.9 cm³/mol. The molecule has 0 unspecified atom stereocenters. The SMILES string of the molecule is C=CC(=O)OCCCOC(=O)C(=C)CN. The molecule has 0 heterocycles. The van der Waals surface area contributed by atoms with E-state index in [0.717, 1.165) is 6.08 Å². The normalized spacial score (nSPS) is 9.13. The molecule has 0 aliphatic carbocycles. The van der Waals surface area contributed by atoms with Gasteiger partial charge in [-0.2, -0.15) is 0 Å². The van der Waals surface area contributed by atoms with Crippen LogP contribution < -0.4 is 5.73 Å². The Bertz CT molecular complexity index is 260. The van der Waals surface area contributed by atoms with Crippen molar-refractivity contribution in [2.24, 2.45) is 5.73 Å². The first-order valence-corrected chi connectivity index (χ1v) is 4.46. The molecule has 0 rings (SSSR count). The van der Waals surface area contributed by atoms with Crippen LogP contribution >= 0.6 is 0 Å². The molecule has 0 fully saturated rings. The Morgan fingerprint density at radius 3 is 2.40 bits per heavy atom. The third-order valence-electron chi connectivity index (χ3n) is 1.47. The van der Waals surface area contributed by atoms with Gasteiger partial charge in [0.2, 0.25) is 0 Å². The molecule has 0 aromatic rings. The molecule has 0 radical (unpaired) electrons. The Morgan fingerprint density at radius 1 is 1.27 bits per heavy atom. The average molecular weight is 213 g/mol. The van der Waals surface area contributed by atoms with E-state index in [2.05, 4.69) is 17.9 Å². The van der Waals surface area contributed by atoms with E-state index >= 15 is 0 Å². The van der Waals surface area contributed by atoms with E-state index in [1.807, 2.05) is 0 Å². The summed E-state index contributed by atoms with van der Waals surface area (Å²) >= 11 is 0. The molecular weight excluding hydrogens is 198 g/mol. The maximum atomic E-state index is 11.0. The smallest absolute Gasteiger partial charge is 0.334 e. The number of nitrogens with two attached hydrogens (primary N) is 1. The molecule has 0 saturated heterocycles. The Balaban J connectivity index is 3.47. The fourth-order valence-electron chi connectivity index (χ4n) is 0.641. The Morgan fingerprint density at radius 2 is 1.87 bits per heavy atom. The van der Waals surface area contributed by atoms with Gasteiger partial charge >= 0.3 is 11.9 Å². The second kappa shape index (κ2) is 7.75.